The van der Waals surface area contributed by atoms with Gasteiger partial charge in [-0.3, -0.25) is 15.0 Å². The van der Waals surface area contributed by atoms with E-state index in [1.807, 2.05) is 0 Å². The van der Waals surface area contributed by atoms with Gasteiger partial charge < -0.3 is 4.74 Å². The second-order valence-electron chi connectivity index (χ2n) is 3.51. The van der Waals surface area contributed by atoms with Gasteiger partial charge in [-0.05, 0) is 20.8 Å². The molecule has 0 spiro atoms. The third-order valence-electron chi connectivity index (χ3n) is 2.16. The first-order valence-electron chi connectivity index (χ1n) is 4.22. The average Bonchev–Trinajstić information content (AvgIpc) is 2.28. The van der Waals surface area contributed by atoms with E-state index in [0.717, 1.165) is 0 Å². The number of carbonyl (C=O) groups is 2. The standard InChI is InChI=1S/C8H14N2O3/c1-4-13-6(11)5-8(2,3)7(12)10-9-5/h5,9H,4H2,1-3H3,(H,10,12)/t5-/m1/s1. The van der Waals surface area contributed by atoms with E-state index in [1.165, 1.54) is 0 Å². The SMILES string of the molecule is CCOC(=O)[C@H]1NNC(=O)C1(C)C. The molecule has 0 aromatic heterocycles. The lowest BCUT2D eigenvalue weighted by atomic mass is 9.86. The minimum absolute atomic E-state index is 0.189. The predicted octanol–water partition coefficient (Wildman–Crippen LogP) is -0.421. The van der Waals surface area contributed by atoms with Crippen molar-refractivity contribution in [2.45, 2.75) is 26.8 Å². The lowest BCUT2D eigenvalue weighted by Gasteiger charge is -2.20. The summed E-state index contributed by atoms with van der Waals surface area (Å²) in [5, 5.41) is 0. The number of hydrogen-bond acceptors (Lipinski definition) is 4. The molecule has 0 saturated carbocycles. The van der Waals surface area contributed by atoms with Gasteiger partial charge in [-0.1, -0.05) is 0 Å². The van der Waals surface area contributed by atoms with Crippen LogP contribution in [0.2, 0.25) is 0 Å². The Kier molecular flexibility index (Phi) is 2.56. The summed E-state index contributed by atoms with van der Waals surface area (Å²) in [5.41, 5.74) is 4.27. The largest absolute Gasteiger partial charge is 0.465 e. The Morgan fingerprint density at radius 2 is 2.23 bits per heavy atom. The molecule has 0 aromatic carbocycles. The number of ether oxygens (including phenoxy) is 1. The lowest BCUT2D eigenvalue weighted by molar-refractivity contribution is -0.149. The van der Waals surface area contributed by atoms with E-state index in [9.17, 15) is 9.59 Å². The fourth-order valence-electron chi connectivity index (χ4n) is 1.19. The fraction of sp³-hybridized carbons (Fsp3) is 0.750. The van der Waals surface area contributed by atoms with Crippen molar-refractivity contribution in [1.82, 2.24) is 10.9 Å². The molecule has 1 fully saturated rings. The minimum atomic E-state index is -0.744. The molecule has 1 heterocycles. The van der Waals surface area contributed by atoms with Crippen molar-refractivity contribution < 1.29 is 14.3 Å². The highest BCUT2D eigenvalue weighted by Crippen LogP contribution is 2.25. The van der Waals surface area contributed by atoms with E-state index in [-0.39, 0.29) is 5.91 Å². The van der Waals surface area contributed by atoms with Gasteiger partial charge in [-0.2, -0.15) is 0 Å². The monoisotopic (exact) mass is 186 g/mol. The molecule has 0 aromatic rings. The smallest absolute Gasteiger partial charge is 0.326 e. The molecule has 13 heavy (non-hydrogen) atoms. The summed E-state index contributed by atoms with van der Waals surface area (Å²) in [7, 11) is 0. The van der Waals surface area contributed by atoms with Crippen LogP contribution in [0.25, 0.3) is 0 Å². The molecule has 0 unspecified atom stereocenters. The molecular weight excluding hydrogens is 172 g/mol. The number of carbonyl (C=O) groups excluding carboxylic acids is 2. The molecule has 0 aliphatic carbocycles. The van der Waals surface area contributed by atoms with E-state index in [1.54, 1.807) is 20.8 Å². The van der Waals surface area contributed by atoms with Crippen molar-refractivity contribution >= 4 is 11.9 Å². The van der Waals surface area contributed by atoms with Crippen molar-refractivity contribution in [2.24, 2.45) is 5.41 Å². The molecule has 0 radical (unpaired) electrons. The van der Waals surface area contributed by atoms with Crippen LogP contribution in [0.1, 0.15) is 20.8 Å². The minimum Gasteiger partial charge on any atom is -0.465 e. The zero-order chi connectivity index (χ0) is 10.1. The molecule has 2 N–H and O–H groups in total. The summed E-state index contributed by atoms with van der Waals surface area (Å²) >= 11 is 0. The van der Waals surface area contributed by atoms with Crippen molar-refractivity contribution in [3.05, 3.63) is 0 Å². The maximum absolute atomic E-state index is 11.3. The summed E-state index contributed by atoms with van der Waals surface area (Å²) in [6.07, 6.45) is 0. The molecule has 1 amide bonds. The molecular formula is C8H14N2O3. The zero-order valence-electron chi connectivity index (χ0n) is 8.01. The van der Waals surface area contributed by atoms with Gasteiger partial charge in [0.1, 0.15) is 6.04 Å². The van der Waals surface area contributed by atoms with Crippen LogP contribution in [0.15, 0.2) is 0 Å². The van der Waals surface area contributed by atoms with Gasteiger partial charge in [0.25, 0.3) is 0 Å². The molecule has 74 valence electrons. The fourth-order valence-corrected chi connectivity index (χ4v) is 1.19. The van der Waals surface area contributed by atoms with Crippen molar-refractivity contribution in [2.75, 3.05) is 6.61 Å². The molecule has 1 rings (SSSR count). The molecule has 1 atom stereocenters. The second-order valence-corrected chi connectivity index (χ2v) is 3.51. The lowest BCUT2D eigenvalue weighted by Crippen LogP contribution is -2.43. The van der Waals surface area contributed by atoms with E-state index < -0.39 is 17.4 Å². The first-order valence-corrected chi connectivity index (χ1v) is 4.22. The maximum atomic E-state index is 11.3. The summed E-state index contributed by atoms with van der Waals surface area (Å²) < 4.78 is 4.82. The van der Waals surface area contributed by atoms with Crippen LogP contribution in [0, 0.1) is 5.41 Å². The molecule has 5 nitrogen and oxygen atoms in total. The van der Waals surface area contributed by atoms with Crippen molar-refractivity contribution in [3.8, 4) is 0 Å². The third kappa shape index (κ3) is 1.65. The quantitative estimate of drug-likeness (QED) is 0.575. The second kappa shape index (κ2) is 3.33. The number of esters is 1. The topological polar surface area (TPSA) is 67.4 Å². The summed E-state index contributed by atoms with van der Waals surface area (Å²) in [5.74, 6) is -0.587. The van der Waals surface area contributed by atoms with Crippen molar-refractivity contribution in [3.63, 3.8) is 0 Å². The van der Waals surface area contributed by atoms with Gasteiger partial charge in [0.15, 0.2) is 0 Å². The summed E-state index contributed by atoms with van der Waals surface area (Å²) in [6.45, 7) is 5.45. The van der Waals surface area contributed by atoms with Crippen LogP contribution < -0.4 is 10.9 Å². The van der Waals surface area contributed by atoms with Gasteiger partial charge in [0, 0.05) is 0 Å². The average molecular weight is 186 g/mol. The molecule has 1 saturated heterocycles. The van der Waals surface area contributed by atoms with Gasteiger partial charge in [-0.15, -0.1) is 0 Å². The summed E-state index contributed by atoms with van der Waals surface area (Å²) in [4.78, 5) is 22.6. The Hall–Kier alpha value is -1.10. The Labute approximate surface area is 76.8 Å². The number of rotatable bonds is 2. The zero-order valence-corrected chi connectivity index (χ0v) is 8.01. The van der Waals surface area contributed by atoms with Gasteiger partial charge in [-0.25, -0.2) is 5.43 Å². The van der Waals surface area contributed by atoms with E-state index in [2.05, 4.69) is 10.9 Å². The normalized spacial score (nSPS) is 25.5. The molecule has 0 bridgehead atoms. The van der Waals surface area contributed by atoms with Gasteiger partial charge >= 0.3 is 5.97 Å². The summed E-state index contributed by atoms with van der Waals surface area (Å²) in [6, 6.07) is -0.597. The third-order valence-corrected chi connectivity index (χ3v) is 2.16. The number of hydrazine groups is 1. The number of nitrogens with one attached hydrogen (secondary N) is 2. The van der Waals surface area contributed by atoms with Crippen LogP contribution in [0.5, 0.6) is 0 Å². The number of amides is 1. The highest BCUT2D eigenvalue weighted by atomic mass is 16.5. The highest BCUT2D eigenvalue weighted by molar-refractivity contribution is 5.92. The Balaban J connectivity index is 2.72. The predicted molar refractivity (Wildman–Crippen MR) is 45.5 cm³/mol. The first kappa shape index (κ1) is 9.98. The number of hydrogen-bond donors (Lipinski definition) is 2. The molecule has 1 aliphatic heterocycles. The van der Waals surface area contributed by atoms with Crippen LogP contribution in [0.3, 0.4) is 0 Å². The molecule has 5 heteroatoms. The molecule has 1 aliphatic rings. The Bertz CT molecular complexity index is 238. The van der Waals surface area contributed by atoms with Crippen molar-refractivity contribution in [1.29, 1.82) is 0 Å². The first-order chi connectivity index (χ1) is 6.00. The van der Waals surface area contributed by atoms with Crippen LogP contribution >= 0.6 is 0 Å². The van der Waals surface area contributed by atoms with Crippen LogP contribution in [0.4, 0.5) is 0 Å². The maximum Gasteiger partial charge on any atom is 0.326 e. The van der Waals surface area contributed by atoms with Gasteiger partial charge in [0.05, 0.1) is 12.0 Å². The van der Waals surface area contributed by atoms with Crippen LogP contribution in [-0.2, 0) is 14.3 Å². The highest BCUT2D eigenvalue weighted by Gasteiger charge is 2.47. The van der Waals surface area contributed by atoms with E-state index in [0.29, 0.717) is 6.61 Å². The van der Waals surface area contributed by atoms with E-state index >= 15 is 0 Å². The Morgan fingerprint density at radius 3 is 2.62 bits per heavy atom. The Morgan fingerprint density at radius 1 is 1.62 bits per heavy atom. The van der Waals surface area contributed by atoms with E-state index in [4.69, 9.17) is 4.74 Å². The van der Waals surface area contributed by atoms with Crippen LogP contribution in [-0.4, -0.2) is 24.5 Å². The van der Waals surface area contributed by atoms with Gasteiger partial charge in [0.2, 0.25) is 5.91 Å².